The lowest BCUT2D eigenvalue weighted by Crippen LogP contribution is -2.26. The van der Waals surface area contributed by atoms with Crippen LogP contribution in [0.4, 0.5) is 4.39 Å². The van der Waals surface area contributed by atoms with Crippen LogP contribution in [-0.2, 0) is 18.3 Å². The third-order valence-corrected chi connectivity index (χ3v) is 3.44. The summed E-state index contributed by atoms with van der Waals surface area (Å²) < 4.78 is 15.1. The van der Waals surface area contributed by atoms with Crippen molar-refractivity contribution in [2.75, 3.05) is 20.1 Å². The number of hydrogen-bond acceptors (Lipinski definition) is 3. The van der Waals surface area contributed by atoms with Crippen LogP contribution in [0.1, 0.15) is 18.7 Å². The van der Waals surface area contributed by atoms with Crippen molar-refractivity contribution in [2.24, 2.45) is 7.05 Å². The predicted octanol–water partition coefficient (Wildman–Crippen LogP) is 2.21. The number of hydrogen-bond donors (Lipinski definition) is 2. The van der Waals surface area contributed by atoms with Gasteiger partial charge in [-0.15, -0.1) is 24.8 Å². The van der Waals surface area contributed by atoms with E-state index in [-0.39, 0.29) is 36.5 Å². The van der Waals surface area contributed by atoms with Gasteiger partial charge >= 0.3 is 0 Å². The van der Waals surface area contributed by atoms with Gasteiger partial charge in [-0.25, -0.2) is 9.37 Å². The van der Waals surface area contributed by atoms with Gasteiger partial charge in [-0.1, -0.05) is 0 Å². The van der Waals surface area contributed by atoms with Crippen LogP contribution in [-0.4, -0.2) is 35.6 Å². The molecule has 0 aliphatic carbocycles. The third-order valence-electron chi connectivity index (χ3n) is 3.44. The number of amides is 1. The van der Waals surface area contributed by atoms with E-state index in [1.165, 1.54) is 12.1 Å². The number of aromatic nitrogens is 2. The molecule has 0 saturated heterocycles. The van der Waals surface area contributed by atoms with Crippen molar-refractivity contribution in [1.82, 2.24) is 20.2 Å². The fourth-order valence-corrected chi connectivity index (χ4v) is 2.26. The summed E-state index contributed by atoms with van der Waals surface area (Å²) >= 11 is 0. The van der Waals surface area contributed by atoms with Crippen LogP contribution in [0.25, 0.3) is 11.0 Å². The van der Waals surface area contributed by atoms with Crippen molar-refractivity contribution in [1.29, 1.82) is 0 Å². The van der Waals surface area contributed by atoms with Crippen LogP contribution in [0, 0.1) is 5.82 Å². The molecule has 0 fully saturated rings. The first-order valence-corrected chi connectivity index (χ1v) is 7.14. The second-order valence-electron chi connectivity index (χ2n) is 5.03. The number of fused-ring (bicyclic) bond motifs is 1. The highest BCUT2D eigenvalue weighted by Crippen LogP contribution is 2.16. The topological polar surface area (TPSA) is 59.0 Å². The third kappa shape index (κ3) is 5.97. The zero-order chi connectivity index (χ0) is 15.2. The van der Waals surface area contributed by atoms with E-state index < -0.39 is 0 Å². The minimum Gasteiger partial charge on any atom is -0.356 e. The smallest absolute Gasteiger partial charge is 0.220 e. The molecule has 130 valence electrons. The quantitative estimate of drug-likeness (QED) is 0.740. The van der Waals surface area contributed by atoms with Gasteiger partial charge in [0.1, 0.15) is 11.6 Å². The molecule has 0 atom stereocenters. The maximum Gasteiger partial charge on any atom is 0.220 e. The second kappa shape index (κ2) is 10.4. The van der Waals surface area contributed by atoms with Crippen LogP contribution < -0.4 is 10.6 Å². The first-order valence-electron chi connectivity index (χ1n) is 7.14. The highest BCUT2D eigenvalue weighted by atomic mass is 35.5. The molecule has 1 aromatic heterocycles. The standard InChI is InChI=1S/C15H21FN4O.2ClH/c1-17-8-3-4-15(21)18-9-7-14-19-12-6-5-11(16)10-13(12)20(14)2;;/h5-6,10,17H,3-4,7-9H2,1-2H3,(H,18,21);2*1H. The molecule has 0 bridgehead atoms. The number of halogens is 3. The number of aryl methyl sites for hydroxylation is 1. The molecule has 0 spiro atoms. The minimum atomic E-state index is -0.269. The van der Waals surface area contributed by atoms with Gasteiger partial charge in [0, 0.05) is 26.4 Å². The van der Waals surface area contributed by atoms with Crippen LogP contribution in [0.5, 0.6) is 0 Å². The Bertz CT molecular complexity index is 633. The molecule has 0 saturated carbocycles. The van der Waals surface area contributed by atoms with Crippen LogP contribution in [0.15, 0.2) is 18.2 Å². The molecule has 1 amide bonds. The fraction of sp³-hybridized carbons (Fsp3) is 0.467. The molecule has 0 aliphatic heterocycles. The molecular formula is C15H23Cl2FN4O. The van der Waals surface area contributed by atoms with Gasteiger partial charge in [-0.3, -0.25) is 4.79 Å². The number of carbonyl (C=O) groups excluding carboxylic acids is 1. The molecule has 2 aromatic rings. The number of nitrogens with one attached hydrogen (secondary N) is 2. The Labute approximate surface area is 147 Å². The zero-order valence-corrected chi connectivity index (χ0v) is 14.9. The summed E-state index contributed by atoms with van der Waals surface area (Å²) in [6, 6.07) is 4.55. The Morgan fingerprint density at radius 3 is 2.74 bits per heavy atom. The van der Waals surface area contributed by atoms with Gasteiger partial charge in [0.05, 0.1) is 11.0 Å². The van der Waals surface area contributed by atoms with Crippen molar-refractivity contribution >= 4 is 41.8 Å². The molecule has 1 aromatic carbocycles. The molecule has 0 radical (unpaired) electrons. The average molecular weight is 365 g/mol. The van der Waals surface area contributed by atoms with E-state index in [2.05, 4.69) is 15.6 Å². The average Bonchev–Trinajstić information content (AvgIpc) is 2.76. The van der Waals surface area contributed by atoms with Gasteiger partial charge in [0.15, 0.2) is 0 Å². The second-order valence-corrected chi connectivity index (χ2v) is 5.03. The first kappa shape index (κ1) is 21.6. The zero-order valence-electron chi connectivity index (χ0n) is 13.3. The number of imidazole rings is 1. The maximum atomic E-state index is 13.2. The molecule has 1 heterocycles. The molecule has 5 nitrogen and oxygen atoms in total. The van der Waals surface area contributed by atoms with E-state index in [0.717, 1.165) is 29.8 Å². The Morgan fingerprint density at radius 2 is 2.04 bits per heavy atom. The van der Waals surface area contributed by atoms with Crippen molar-refractivity contribution in [3.05, 3.63) is 29.8 Å². The highest BCUT2D eigenvalue weighted by molar-refractivity contribution is 5.85. The van der Waals surface area contributed by atoms with Gasteiger partial charge < -0.3 is 15.2 Å². The molecular weight excluding hydrogens is 342 g/mol. The van der Waals surface area contributed by atoms with Crippen molar-refractivity contribution in [2.45, 2.75) is 19.3 Å². The largest absolute Gasteiger partial charge is 0.356 e. The number of benzene rings is 1. The van der Waals surface area contributed by atoms with E-state index in [4.69, 9.17) is 0 Å². The Balaban J connectivity index is 0.00000242. The summed E-state index contributed by atoms with van der Waals surface area (Å²) in [6.07, 6.45) is 1.98. The van der Waals surface area contributed by atoms with Gasteiger partial charge in [-0.2, -0.15) is 0 Å². The summed E-state index contributed by atoms with van der Waals surface area (Å²) in [6.45, 7) is 1.38. The van der Waals surface area contributed by atoms with Crippen LogP contribution in [0.3, 0.4) is 0 Å². The summed E-state index contributed by atoms with van der Waals surface area (Å²) in [7, 11) is 3.73. The summed E-state index contributed by atoms with van der Waals surface area (Å²) in [4.78, 5) is 16.1. The lowest BCUT2D eigenvalue weighted by molar-refractivity contribution is -0.121. The minimum absolute atomic E-state index is 0. The molecule has 2 rings (SSSR count). The summed E-state index contributed by atoms with van der Waals surface area (Å²) in [5, 5.41) is 5.89. The molecule has 0 unspecified atom stereocenters. The predicted molar refractivity (Wildman–Crippen MR) is 95.0 cm³/mol. The normalized spacial score (nSPS) is 10.0. The Morgan fingerprint density at radius 1 is 1.30 bits per heavy atom. The highest BCUT2D eigenvalue weighted by Gasteiger charge is 2.09. The van der Waals surface area contributed by atoms with E-state index in [9.17, 15) is 9.18 Å². The van der Waals surface area contributed by atoms with Gasteiger partial charge in [-0.05, 0) is 38.2 Å². The SMILES string of the molecule is CNCCCC(=O)NCCc1nc2ccc(F)cc2n1C.Cl.Cl. The van der Waals surface area contributed by atoms with Crippen molar-refractivity contribution < 1.29 is 9.18 Å². The van der Waals surface area contributed by atoms with Crippen molar-refractivity contribution in [3.8, 4) is 0 Å². The van der Waals surface area contributed by atoms with Crippen LogP contribution in [0.2, 0.25) is 0 Å². The van der Waals surface area contributed by atoms with Gasteiger partial charge in [0.25, 0.3) is 0 Å². The lowest BCUT2D eigenvalue weighted by Gasteiger charge is -2.05. The number of nitrogens with zero attached hydrogens (tertiary/aromatic N) is 2. The van der Waals surface area contributed by atoms with Crippen LogP contribution >= 0.6 is 24.8 Å². The van der Waals surface area contributed by atoms with Crippen molar-refractivity contribution in [3.63, 3.8) is 0 Å². The van der Waals surface area contributed by atoms with E-state index in [0.29, 0.717) is 19.4 Å². The monoisotopic (exact) mass is 364 g/mol. The summed E-state index contributed by atoms with van der Waals surface area (Å²) in [5.74, 6) is 0.621. The fourth-order valence-electron chi connectivity index (χ4n) is 2.26. The maximum absolute atomic E-state index is 13.2. The molecule has 2 N–H and O–H groups in total. The molecule has 0 aliphatic rings. The molecule has 23 heavy (non-hydrogen) atoms. The lowest BCUT2D eigenvalue weighted by atomic mass is 10.3. The Kier molecular flexibility index (Phi) is 9.79. The number of carbonyl (C=O) groups is 1. The van der Waals surface area contributed by atoms with E-state index >= 15 is 0 Å². The summed E-state index contributed by atoms with van der Waals surface area (Å²) in [5.41, 5.74) is 1.54. The number of rotatable bonds is 7. The van der Waals surface area contributed by atoms with E-state index in [1.54, 1.807) is 6.07 Å². The molecule has 8 heteroatoms. The van der Waals surface area contributed by atoms with Gasteiger partial charge in [0.2, 0.25) is 5.91 Å². The Hall–Kier alpha value is -1.37. The first-order chi connectivity index (χ1) is 10.1. The van der Waals surface area contributed by atoms with E-state index in [1.807, 2.05) is 18.7 Å².